The average molecular weight is 233 g/mol. The molecular weight excluding hydrogens is 227 g/mol. The zero-order chi connectivity index (χ0) is 11.5. The van der Waals surface area contributed by atoms with Crippen molar-refractivity contribution in [2.24, 2.45) is 0 Å². The lowest BCUT2D eigenvalue weighted by atomic mass is 10.2. The Morgan fingerprint density at radius 3 is 2.47 bits per heavy atom. The smallest absolute Gasteiger partial charge is 0.433 e. The van der Waals surface area contributed by atoms with Crippen LogP contribution >= 0.6 is 0 Å². The van der Waals surface area contributed by atoms with Gasteiger partial charge >= 0.3 is 6.18 Å². The van der Waals surface area contributed by atoms with Gasteiger partial charge in [-0.05, 0) is 23.3 Å². The van der Waals surface area contributed by atoms with Crippen LogP contribution in [0.25, 0.3) is 0 Å². The predicted octanol–water partition coefficient (Wildman–Crippen LogP) is 2.23. The van der Waals surface area contributed by atoms with Crippen LogP contribution in [-0.2, 0) is 11.2 Å². The van der Waals surface area contributed by atoms with E-state index in [0.29, 0.717) is 0 Å². The highest BCUT2D eigenvalue weighted by atomic mass is 32.2. The third-order valence-corrected chi connectivity index (χ3v) is 2.98. The molecule has 80 valence electrons. The van der Waals surface area contributed by atoms with Crippen LogP contribution in [0.5, 0.6) is 0 Å². The minimum atomic E-state index is -4.49. The van der Waals surface area contributed by atoms with E-state index in [-0.39, 0.29) is 10.5 Å². The van der Waals surface area contributed by atoms with Gasteiger partial charge in [0.05, 0.1) is 0 Å². The largest absolute Gasteiger partial charge is 0.611 e. The molecule has 2 nitrogen and oxygen atoms in total. The van der Waals surface area contributed by atoms with Crippen molar-refractivity contribution in [3.8, 4) is 6.07 Å². The molecule has 15 heavy (non-hydrogen) atoms. The van der Waals surface area contributed by atoms with Crippen LogP contribution < -0.4 is 0 Å². The summed E-state index contributed by atoms with van der Waals surface area (Å²) in [5.41, 5.74) is 0.0140. The van der Waals surface area contributed by atoms with E-state index in [1.54, 1.807) is 6.07 Å². The van der Waals surface area contributed by atoms with Gasteiger partial charge in [0, 0.05) is 0 Å². The molecule has 0 bridgehead atoms. The van der Waals surface area contributed by atoms with E-state index in [4.69, 9.17) is 5.26 Å². The Hall–Kier alpha value is -1.19. The molecule has 0 saturated heterocycles. The van der Waals surface area contributed by atoms with Crippen LogP contribution in [-0.4, -0.2) is 16.5 Å². The Bertz CT molecular complexity index is 386. The topological polar surface area (TPSA) is 46.8 Å². The Balaban J connectivity index is 2.92. The predicted molar refractivity (Wildman–Crippen MR) is 48.5 cm³/mol. The number of hydrogen-bond donors (Lipinski definition) is 0. The molecule has 0 fully saturated rings. The summed E-state index contributed by atoms with van der Waals surface area (Å²) in [4.78, 5) is -0.0719. The zero-order valence-electron chi connectivity index (χ0n) is 7.41. The Labute approximate surface area is 87.5 Å². The van der Waals surface area contributed by atoms with Gasteiger partial charge in [-0.3, -0.25) is 0 Å². The highest BCUT2D eigenvalue weighted by Crippen LogP contribution is 2.24. The maximum absolute atomic E-state index is 12.0. The first-order chi connectivity index (χ1) is 6.94. The number of benzene rings is 1. The monoisotopic (exact) mass is 233 g/mol. The minimum absolute atomic E-state index is 0.0140. The fourth-order valence-corrected chi connectivity index (χ4v) is 2.03. The van der Waals surface area contributed by atoms with E-state index in [2.05, 4.69) is 0 Å². The van der Waals surface area contributed by atoms with Crippen molar-refractivity contribution in [3.63, 3.8) is 0 Å². The van der Waals surface area contributed by atoms with Crippen molar-refractivity contribution in [1.29, 1.82) is 5.26 Å². The van der Waals surface area contributed by atoms with E-state index >= 15 is 0 Å². The zero-order valence-corrected chi connectivity index (χ0v) is 8.23. The molecular formula is C9H6F3NOS. The number of nitrogens with zero attached hydrogens (tertiary/aromatic N) is 1. The molecule has 0 saturated carbocycles. The summed E-state index contributed by atoms with van der Waals surface area (Å²) in [6.07, 6.45) is -4.49. The fraction of sp³-hybridized carbons (Fsp3) is 0.222. The fourth-order valence-electron chi connectivity index (χ4n) is 0.984. The van der Waals surface area contributed by atoms with Crippen molar-refractivity contribution in [2.75, 3.05) is 5.75 Å². The minimum Gasteiger partial charge on any atom is -0.611 e. The summed E-state index contributed by atoms with van der Waals surface area (Å²) < 4.78 is 47.1. The summed E-state index contributed by atoms with van der Waals surface area (Å²) in [6, 6.07) is 7.26. The van der Waals surface area contributed by atoms with Crippen molar-refractivity contribution < 1.29 is 17.7 Å². The molecule has 0 amide bonds. The first-order valence-corrected chi connectivity index (χ1v) is 5.20. The van der Waals surface area contributed by atoms with Crippen LogP contribution in [0.2, 0.25) is 0 Å². The van der Waals surface area contributed by atoms with Crippen LogP contribution in [0, 0.1) is 11.3 Å². The SMILES string of the molecule is N#Cc1ccccc1[S+]([O-])CC(F)(F)F. The Morgan fingerprint density at radius 1 is 1.33 bits per heavy atom. The van der Waals surface area contributed by atoms with Gasteiger partial charge in [-0.15, -0.1) is 0 Å². The quantitative estimate of drug-likeness (QED) is 0.735. The summed E-state index contributed by atoms with van der Waals surface area (Å²) in [6.45, 7) is 0. The van der Waals surface area contributed by atoms with Gasteiger partial charge in [-0.1, -0.05) is 12.1 Å². The maximum atomic E-state index is 12.0. The van der Waals surface area contributed by atoms with Gasteiger partial charge in [0.2, 0.25) is 5.75 Å². The molecule has 6 heteroatoms. The molecule has 1 atom stereocenters. The Morgan fingerprint density at radius 2 is 1.93 bits per heavy atom. The van der Waals surface area contributed by atoms with Crippen LogP contribution in [0.4, 0.5) is 13.2 Å². The van der Waals surface area contributed by atoms with Crippen molar-refractivity contribution in [2.45, 2.75) is 11.1 Å². The van der Waals surface area contributed by atoms with E-state index in [1.165, 1.54) is 24.3 Å². The molecule has 0 aliphatic carbocycles. The standard InChI is InChI=1S/C9H6F3NOS/c10-9(11,12)6-15(14)8-4-2-1-3-7(8)5-13/h1-4H,6H2. The molecule has 0 aliphatic rings. The average Bonchev–Trinajstić information content (AvgIpc) is 2.15. The molecule has 1 aromatic rings. The van der Waals surface area contributed by atoms with Crippen molar-refractivity contribution in [1.82, 2.24) is 0 Å². The summed E-state index contributed by atoms with van der Waals surface area (Å²) in [5, 5.41) is 8.60. The molecule has 0 radical (unpaired) electrons. The van der Waals surface area contributed by atoms with E-state index in [0.717, 1.165) is 0 Å². The van der Waals surface area contributed by atoms with Gasteiger partial charge < -0.3 is 4.55 Å². The number of rotatable bonds is 2. The number of nitriles is 1. The second-order valence-corrected chi connectivity index (χ2v) is 4.13. The van der Waals surface area contributed by atoms with E-state index in [9.17, 15) is 17.7 Å². The van der Waals surface area contributed by atoms with Crippen LogP contribution in [0.3, 0.4) is 0 Å². The molecule has 0 aromatic heterocycles. The molecule has 1 rings (SSSR count). The molecule has 1 unspecified atom stereocenters. The molecule has 0 N–H and O–H groups in total. The normalized spacial score (nSPS) is 13.3. The molecule has 0 aliphatic heterocycles. The van der Waals surface area contributed by atoms with E-state index < -0.39 is 23.1 Å². The highest BCUT2D eigenvalue weighted by molar-refractivity contribution is 7.91. The highest BCUT2D eigenvalue weighted by Gasteiger charge is 2.36. The van der Waals surface area contributed by atoms with Crippen molar-refractivity contribution in [3.05, 3.63) is 29.8 Å². The summed E-state index contributed by atoms with van der Waals surface area (Å²) in [5.74, 6) is -1.42. The molecule has 1 aromatic carbocycles. The van der Waals surface area contributed by atoms with Gasteiger partial charge in [-0.25, -0.2) is 0 Å². The van der Waals surface area contributed by atoms with Crippen molar-refractivity contribution >= 4 is 11.2 Å². The van der Waals surface area contributed by atoms with Gasteiger partial charge in [0.1, 0.15) is 11.6 Å². The Kier molecular flexibility index (Phi) is 3.61. The molecule has 0 heterocycles. The molecule has 0 spiro atoms. The van der Waals surface area contributed by atoms with Gasteiger partial charge in [0.15, 0.2) is 4.90 Å². The number of alkyl halides is 3. The second kappa shape index (κ2) is 4.55. The lowest BCUT2D eigenvalue weighted by molar-refractivity contribution is -0.106. The lowest BCUT2D eigenvalue weighted by Gasteiger charge is -2.12. The summed E-state index contributed by atoms with van der Waals surface area (Å²) >= 11 is -2.21. The van der Waals surface area contributed by atoms with Crippen LogP contribution in [0.15, 0.2) is 29.2 Å². The third kappa shape index (κ3) is 3.46. The number of halogens is 3. The first kappa shape index (κ1) is 11.9. The lowest BCUT2D eigenvalue weighted by Crippen LogP contribution is -2.23. The van der Waals surface area contributed by atoms with Gasteiger partial charge in [0.25, 0.3) is 0 Å². The van der Waals surface area contributed by atoms with Crippen LogP contribution in [0.1, 0.15) is 5.56 Å². The maximum Gasteiger partial charge on any atom is 0.433 e. The van der Waals surface area contributed by atoms with Gasteiger partial charge in [-0.2, -0.15) is 18.4 Å². The van der Waals surface area contributed by atoms with E-state index in [1.807, 2.05) is 0 Å². The first-order valence-electron chi connectivity index (χ1n) is 3.88. The third-order valence-electron chi connectivity index (χ3n) is 1.55. The number of hydrogen-bond acceptors (Lipinski definition) is 2. The second-order valence-electron chi connectivity index (χ2n) is 2.71. The summed E-state index contributed by atoms with van der Waals surface area (Å²) in [7, 11) is 0.